The van der Waals surface area contributed by atoms with Crippen LogP contribution in [0.25, 0.3) is 0 Å². The van der Waals surface area contributed by atoms with E-state index in [1.54, 1.807) is 18.2 Å². The molecule has 100 valence electrons. The molecule has 2 aromatic rings. The normalized spacial score (nSPS) is 10.5. The topological polar surface area (TPSA) is 65.2 Å². The van der Waals surface area contributed by atoms with Crippen molar-refractivity contribution in [1.29, 1.82) is 0 Å². The maximum atomic E-state index is 11.9. The minimum absolute atomic E-state index is 0.142. The summed E-state index contributed by atoms with van der Waals surface area (Å²) in [4.78, 5) is 17.3. The Morgan fingerprint density at radius 3 is 2.84 bits per heavy atom. The zero-order valence-electron chi connectivity index (χ0n) is 10.6. The van der Waals surface area contributed by atoms with Gasteiger partial charge in [0, 0.05) is 4.88 Å². The first-order chi connectivity index (χ1) is 8.99. The number of aryl methyl sites for hydroxylation is 2. The quantitative estimate of drug-likeness (QED) is 0.697. The number of hydrogen-bond acceptors (Lipinski definition) is 5. The van der Waals surface area contributed by atoms with Crippen LogP contribution in [0.3, 0.4) is 0 Å². The minimum Gasteiger partial charge on any atom is -0.455 e. The first kappa shape index (κ1) is 13.8. The smallest absolute Gasteiger partial charge is 0.340 e. The van der Waals surface area contributed by atoms with Gasteiger partial charge in [-0.25, -0.2) is 9.78 Å². The van der Waals surface area contributed by atoms with Gasteiger partial charge in [0.1, 0.15) is 11.6 Å². The molecular formula is C13H13ClN2O2S. The lowest BCUT2D eigenvalue weighted by atomic mass is 10.2. The van der Waals surface area contributed by atoms with Crippen LogP contribution in [0, 0.1) is 13.8 Å². The Morgan fingerprint density at radius 1 is 1.47 bits per heavy atom. The number of thiazole rings is 1. The summed E-state index contributed by atoms with van der Waals surface area (Å²) in [6.07, 6.45) is 0. The molecule has 0 bridgehead atoms. The molecule has 4 nitrogen and oxygen atoms in total. The van der Waals surface area contributed by atoms with Crippen LogP contribution in [0.5, 0.6) is 0 Å². The zero-order valence-corrected chi connectivity index (χ0v) is 12.1. The number of hydrogen-bond donors (Lipinski definition) is 1. The van der Waals surface area contributed by atoms with Crippen LogP contribution in [0.4, 0.5) is 5.69 Å². The SMILES string of the molecule is Cc1nc(COC(=O)c2cccc(N)c2Cl)sc1C. The summed E-state index contributed by atoms with van der Waals surface area (Å²) in [6.45, 7) is 4.04. The van der Waals surface area contributed by atoms with Gasteiger partial charge in [0.25, 0.3) is 0 Å². The molecule has 0 spiro atoms. The van der Waals surface area contributed by atoms with E-state index in [1.807, 2.05) is 13.8 Å². The summed E-state index contributed by atoms with van der Waals surface area (Å²) in [5, 5.41) is 0.988. The second kappa shape index (κ2) is 5.59. The summed E-state index contributed by atoms with van der Waals surface area (Å²) in [6, 6.07) is 4.88. The number of nitrogens with two attached hydrogens (primary N) is 1. The Labute approximate surface area is 120 Å². The van der Waals surface area contributed by atoms with Gasteiger partial charge in [0.2, 0.25) is 0 Å². The fourth-order valence-electron chi connectivity index (χ4n) is 1.51. The molecule has 0 saturated heterocycles. The molecule has 0 saturated carbocycles. The van der Waals surface area contributed by atoms with E-state index in [-0.39, 0.29) is 17.2 Å². The third-order valence-corrected chi connectivity index (χ3v) is 4.12. The van der Waals surface area contributed by atoms with Crippen molar-refractivity contribution in [2.75, 3.05) is 5.73 Å². The van der Waals surface area contributed by atoms with Gasteiger partial charge in [-0.3, -0.25) is 0 Å². The Bertz CT molecular complexity index is 606. The van der Waals surface area contributed by atoms with Gasteiger partial charge in [-0.1, -0.05) is 17.7 Å². The lowest BCUT2D eigenvalue weighted by Gasteiger charge is -2.06. The molecule has 0 atom stereocenters. The molecule has 1 aromatic carbocycles. The van der Waals surface area contributed by atoms with E-state index in [0.29, 0.717) is 5.69 Å². The van der Waals surface area contributed by atoms with E-state index in [9.17, 15) is 4.79 Å². The van der Waals surface area contributed by atoms with E-state index < -0.39 is 5.97 Å². The van der Waals surface area contributed by atoms with Gasteiger partial charge in [-0.2, -0.15) is 0 Å². The fourth-order valence-corrected chi connectivity index (χ4v) is 2.56. The molecule has 6 heteroatoms. The van der Waals surface area contributed by atoms with Gasteiger partial charge >= 0.3 is 5.97 Å². The van der Waals surface area contributed by atoms with Crippen LogP contribution in [0.2, 0.25) is 5.02 Å². The Hall–Kier alpha value is -1.59. The number of anilines is 1. The van der Waals surface area contributed by atoms with Gasteiger partial charge in [-0.05, 0) is 26.0 Å². The van der Waals surface area contributed by atoms with Crippen molar-refractivity contribution in [2.24, 2.45) is 0 Å². The molecule has 19 heavy (non-hydrogen) atoms. The highest BCUT2D eigenvalue weighted by atomic mass is 35.5. The average molecular weight is 297 g/mol. The van der Waals surface area contributed by atoms with E-state index in [4.69, 9.17) is 22.1 Å². The highest BCUT2D eigenvalue weighted by molar-refractivity contribution is 7.11. The maximum absolute atomic E-state index is 11.9. The van der Waals surface area contributed by atoms with Crippen LogP contribution in [-0.2, 0) is 11.3 Å². The molecule has 0 radical (unpaired) electrons. The van der Waals surface area contributed by atoms with Crippen LogP contribution >= 0.6 is 22.9 Å². The van der Waals surface area contributed by atoms with Crippen LogP contribution in [0.1, 0.15) is 25.9 Å². The average Bonchev–Trinajstić information content (AvgIpc) is 2.69. The molecule has 0 aliphatic carbocycles. The highest BCUT2D eigenvalue weighted by Gasteiger charge is 2.14. The Morgan fingerprint density at radius 2 is 2.21 bits per heavy atom. The van der Waals surface area contributed by atoms with Gasteiger partial charge in [0.15, 0.2) is 0 Å². The predicted molar refractivity (Wildman–Crippen MR) is 76.6 cm³/mol. The molecule has 0 unspecified atom stereocenters. The summed E-state index contributed by atoms with van der Waals surface area (Å²) < 4.78 is 5.19. The van der Waals surface area contributed by atoms with Crippen molar-refractivity contribution in [3.8, 4) is 0 Å². The molecule has 2 N–H and O–H groups in total. The number of aromatic nitrogens is 1. The standard InChI is InChI=1S/C13H13ClN2O2S/c1-7-8(2)19-11(16-7)6-18-13(17)9-4-3-5-10(15)12(9)14/h3-5H,6,15H2,1-2H3. The van der Waals surface area contributed by atoms with Crippen LogP contribution < -0.4 is 5.73 Å². The van der Waals surface area contributed by atoms with Crippen molar-refractivity contribution in [3.05, 3.63) is 44.4 Å². The molecule has 0 aliphatic heterocycles. The molecule has 1 aromatic heterocycles. The van der Waals surface area contributed by atoms with Crippen molar-refractivity contribution in [2.45, 2.75) is 20.5 Å². The predicted octanol–water partition coefficient (Wildman–Crippen LogP) is 3.35. The largest absolute Gasteiger partial charge is 0.455 e. The van der Waals surface area contributed by atoms with E-state index in [1.165, 1.54) is 11.3 Å². The van der Waals surface area contributed by atoms with Crippen molar-refractivity contribution in [3.63, 3.8) is 0 Å². The van der Waals surface area contributed by atoms with Gasteiger partial charge in [0.05, 0.1) is 22.0 Å². The fraction of sp³-hybridized carbons (Fsp3) is 0.231. The number of carbonyl (C=O) groups is 1. The number of ether oxygens (including phenoxy) is 1. The van der Waals surface area contributed by atoms with Crippen molar-refractivity contribution >= 4 is 34.6 Å². The van der Waals surface area contributed by atoms with E-state index in [0.717, 1.165) is 15.6 Å². The van der Waals surface area contributed by atoms with Crippen molar-refractivity contribution in [1.82, 2.24) is 4.98 Å². The number of benzene rings is 1. The summed E-state index contributed by atoms with van der Waals surface area (Å²) in [5.41, 5.74) is 7.22. The van der Waals surface area contributed by atoms with E-state index >= 15 is 0 Å². The molecule has 0 fully saturated rings. The zero-order chi connectivity index (χ0) is 14.0. The Kier molecular flexibility index (Phi) is 4.07. The summed E-state index contributed by atoms with van der Waals surface area (Å²) >= 11 is 7.47. The Balaban J connectivity index is 2.07. The molecular weight excluding hydrogens is 284 g/mol. The third-order valence-electron chi connectivity index (χ3n) is 2.65. The number of nitrogens with zero attached hydrogens (tertiary/aromatic N) is 1. The van der Waals surface area contributed by atoms with Crippen LogP contribution in [-0.4, -0.2) is 11.0 Å². The molecule has 0 amide bonds. The van der Waals surface area contributed by atoms with Crippen molar-refractivity contribution < 1.29 is 9.53 Å². The second-order valence-electron chi connectivity index (χ2n) is 4.03. The molecule has 2 rings (SSSR count). The van der Waals surface area contributed by atoms with Crippen LogP contribution in [0.15, 0.2) is 18.2 Å². The highest BCUT2D eigenvalue weighted by Crippen LogP contribution is 2.24. The molecule has 0 aliphatic rings. The first-order valence-corrected chi connectivity index (χ1v) is 6.82. The van der Waals surface area contributed by atoms with E-state index in [2.05, 4.69) is 4.98 Å². The van der Waals surface area contributed by atoms with Gasteiger partial charge < -0.3 is 10.5 Å². The lowest BCUT2D eigenvalue weighted by molar-refractivity contribution is 0.0472. The summed E-state index contributed by atoms with van der Waals surface area (Å²) in [7, 11) is 0. The number of halogens is 1. The second-order valence-corrected chi connectivity index (χ2v) is 5.70. The summed E-state index contributed by atoms with van der Waals surface area (Å²) in [5.74, 6) is -0.497. The maximum Gasteiger partial charge on any atom is 0.340 e. The number of rotatable bonds is 3. The number of nitrogen functional groups attached to an aromatic ring is 1. The van der Waals surface area contributed by atoms with Gasteiger partial charge in [-0.15, -0.1) is 11.3 Å². The third kappa shape index (κ3) is 3.05. The lowest BCUT2D eigenvalue weighted by Crippen LogP contribution is -2.06. The number of esters is 1. The monoisotopic (exact) mass is 296 g/mol. The first-order valence-electron chi connectivity index (χ1n) is 5.63. The minimum atomic E-state index is -0.497. The molecule has 1 heterocycles. The number of carbonyl (C=O) groups excluding carboxylic acids is 1.